The van der Waals surface area contributed by atoms with Crippen LogP contribution in [0.5, 0.6) is 0 Å². The van der Waals surface area contributed by atoms with E-state index in [1.54, 1.807) is 0 Å². The van der Waals surface area contributed by atoms with Gasteiger partial charge in [-0.05, 0) is 38.0 Å². The fraction of sp³-hybridized carbons (Fsp3) is 0.750. The minimum Gasteiger partial charge on any atom is -0.268 e. The molecule has 1 fully saturated rings. The Morgan fingerprint density at radius 2 is 2.06 bits per heavy atom. The van der Waals surface area contributed by atoms with Gasteiger partial charge in [0.1, 0.15) is 0 Å². The zero-order valence-corrected chi connectivity index (χ0v) is 11.4. The minimum absolute atomic E-state index is 0.309. The molecule has 0 atom stereocenters. The van der Waals surface area contributed by atoms with Gasteiger partial charge in [0.25, 0.3) is 0 Å². The molecule has 1 aromatic rings. The smallest absolute Gasteiger partial charge is 0.0850 e. The summed E-state index contributed by atoms with van der Waals surface area (Å²) in [5, 5.41) is 5.40. The van der Waals surface area contributed by atoms with Crippen LogP contribution in [-0.4, -0.2) is 15.7 Å². The molecule has 0 spiro atoms. The van der Waals surface area contributed by atoms with Gasteiger partial charge in [0.05, 0.1) is 16.4 Å². The molecule has 1 aliphatic rings. The molecule has 1 aromatic heterocycles. The molecule has 1 aliphatic carbocycles. The molecule has 1 heterocycles. The van der Waals surface area contributed by atoms with Gasteiger partial charge >= 0.3 is 0 Å². The topological polar surface area (TPSA) is 17.8 Å². The summed E-state index contributed by atoms with van der Waals surface area (Å²) in [4.78, 5) is 0. The Hall–Kier alpha value is -0.210. The van der Waals surface area contributed by atoms with Crippen LogP contribution >= 0.6 is 23.2 Å². The van der Waals surface area contributed by atoms with Gasteiger partial charge in [-0.2, -0.15) is 5.10 Å². The first-order valence-corrected chi connectivity index (χ1v) is 6.87. The Bertz CT molecular complexity index is 381. The molecular formula is C12H18Cl2N2. The summed E-state index contributed by atoms with van der Waals surface area (Å²) in [6, 6.07) is 0. The molecular weight excluding hydrogens is 243 g/mol. The standard InChI is InChI=1S/C12H18Cl2N2/c1-3-9-11(14)10(16(4-2)15-9)7-12(8-13)5-6-12/h3-8H2,1-2H3. The van der Waals surface area contributed by atoms with Gasteiger partial charge in [-0.25, -0.2) is 0 Å². The number of aromatic nitrogens is 2. The van der Waals surface area contributed by atoms with Crippen molar-refractivity contribution in [2.75, 3.05) is 5.88 Å². The maximum Gasteiger partial charge on any atom is 0.0850 e. The highest BCUT2D eigenvalue weighted by molar-refractivity contribution is 6.31. The Morgan fingerprint density at radius 3 is 2.50 bits per heavy atom. The fourth-order valence-corrected chi connectivity index (χ4v) is 2.77. The fourth-order valence-electron chi connectivity index (χ4n) is 2.08. The van der Waals surface area contributed by atoms with Gasteiger partial charge in [0.15, 0.2) is 0 Å². The van der Waals surface area contributed by atoms with Gasteiger partial charge in [-0.3, -0.25) is 4.68 Å². The van der Waals surface area contributed by atoms with Crippen molar-refractivity contribution in [3.8, 4) is 0 Å². The number of alkyl halides is 1. The van der Waals surface area contributed by atoms with Gasteiger partial charge in [0.2, 0.25) is 0 Å². The van der Waals surface area contributed by atoms with Gasteiger partial charge in [-0.15, -0.1) is 11.6 Å². The van der Waals surface area contributed by atoms with Crippen LogP contribution in [0.25, 0.3) is 0 Å². The number of aryl methyl sites for hydroxylation is 2. The summed E-state index contributed by atoms with van der Waals surface area (Å²) >= 11 is 12.4. The van der Waals surface area contributed by atoms with Crippen molar-refractivity contribution in [1.82, 2.24) is 9.78 Å². The molecule has 2 nitrogen and oxygen atoms in total. The molecule has 2 rings (SSSR count). The summed E-state index contributed by atoms with van der Waals surface area (Å²) in [6.45, 7) is 5.08. The molecule has 16 heavy (non-hydrogen) atoms. The van der Waals surface area contributed by atoms with Crippen LogP contribution < -0.4 is 0 Å². The zero-order chi connectivity index (χ0) is 11.8. The second-order valence-electron chi connectivity index (χ2n) is 4.69. The average molecular weight is 261 g/mol. The van der Waals surface area contributed by atoms with E-state index in [2.05, 4.69) is 18.9 Å². The molecule has 0 unspecified atom stereocenters. The van der Waals surface area contributed by atoms with Crippen LogP contribution in [0, 0.1) is 5.41 Å². The third kappa shape index (κ3) is 2.10. The summed E-state index contributed by atoms with van der Waals surface area (Å²) in [7, 11) is 0. The number of halogens is 2. The predicted octanol–water partition coefficient (Wildman–Crippen LogP) is 3.68. The van der Waals surface area contributed by atoms with E-state index in [1.807, 2.05) is 4.68 Å². The van der Waals surface area contributed by atoms with E-state index < -0.39 is 0 Å². The lowest BCUT2D eigenvalue weighted by Gasteiger charge is -2.12. The molecule has 0 bridgehead atoms. The van der Waals surface area contributed by atoms with E-state index in [1.165, 1.54) is 18.5 Å². The van der Waals surface area contributed by atoms with E-state index in [9.17, 15) is 0 Å². The van der Waals surface area contributed by atoms with Crippen LogP contribution in [0.4, 0.5) is 0 Å². The summed E-state index contributed by atoms with van der Waals surface area (Å²) in [5.74, 6) is 0.736. The van der Waals surface area contributed by atoms with E-state index in [0.29, 0.717) is 5.41 Å². The Kier molecular flexibility index (Phi) is 3.50. The van der Waals surface area contributed by atoms with Crippen molar-refractivity contribution < 1.29 is 0 Å². The molecule has 0 amide bonds. The van der Waals surface area contributed by atoms with Crippen LogP contribution in [-0.2, 0) is 19.4 Å². The Morgan fingerprint density at radius 1 is 1.38 bits per heavy atom. The predicted molar refractivity (Wildman–Crippen MR) is 68.4 cm³/mol. The van der Waals surface area contributed by atoms with Crippen LogP contribution in [0.1, 0.15) is 38.1 Å². The van der Waals surface area contributed by atoms with Crippen molar-refractivity contribution in [2.45, 2.75) is 46.1 Å². The maximum absolute atomic E-state index is 6.37. The summed E-state index contributed by atoms with van der Waals surface area (Å²) in [6.07, 6.45) is 4.33. The average Bonchev–Trinajstić information content (AvgIpc) is 3.02. The largest absolute Gasteiger partial charge is 0.268 e. The van der Waals surface area contributed by atoms with Crippen molar-refractivity contribution in [3.63, 3.8) is 0 Å². The van der Waals surface area contributed by atoms with E-state index in [-0.39, 0.29) is 0 Å². The van der Waals surface area contributed by atoms with E-state index >= 15 is 0 Å². The maximum atomic E-state index is 6.37. The highest BCUT2D eigenvalue weighted by Gasteiger charge is 2.43. The first-order chi connectivity index (χ1) is 7.65. The SMILES string of the molecule is CCc1nn(CC)c(CC2(CCl)CC2)c1Cl. The van der Waals surface area contributed by atoms with Crippen molar-refractivity contribution in [3.05, 3.63) is 16.4 Å². The van der Waals surface area contributed by atoms with Crippen molar-refractivity contribution in [1.29, 1.82) is 0 Å². The number of hydrogen-bond acceptors (Lipinski definition) is 1. The van der Waals surface area contributed by atoms with Gasteiger partial charge < -0.3 is 0 Å². The van der Waals surface area contributed by atoms with Gasteiger partial charge in [0, 0.05) is 12.4 Å². The molecule has 0 N–H and O–H groups in total. The molecule has 4 heteroatoms. The molecule has 0 radical (unpaired) electrons. The minimum atomic E-state index is 0.309. The third-order valence-electron chi connectivity index (χ3n) is 3.48. The quantitative estimate of drug-likeness (QED) is 0.739. The molecule has 0 aromatic carbocycles. The second-order valence-corrected chi connectivity index (χ2v) is 5.33. The van der Waals surface area contributed by atoms with Crippen LogP contribution in [0.2, 0.25) is 5.02 Å². The lowest BCUT2D eigenvalue weighted by molar-refractivity contribution is 0.523. The zero-order valence-electron chi connectivity index (χ0n) is 9.89. The van der Waals surface area contributed by atoms with E-state index in [0.717, 1.165) is 36.0 Å². The summed E-state index contributed by atoms with van der Waals surface area (Å²) < 4.78 is 2.04. The normalized spacial score (nSPS) is 17.8. The van der Waals surface area contributed by atoms with Crippen LogP contribution in [0.3, 0.4) is 0 Å². The van der Waals surface area contributed by atoms with E-state index in [4.69, 9.17) is 23.2 Å². The molecule has 0 aliphatic heterocycles. The first-order valence-electron chi connectivity index (χ1n) is 5.96. The number of hydrogen-bond donors (Lipinski definition) is 0. The highest BCUT2D eigenvalue weighted by atomic mass is 35.5. The summed E-state index contributed by atoms with van der Waals surface area (Å²) in [5.41, 5.74) is 2.51. The lowest BCUT2D eigenvalue weighted by Crippen LogP contribution is -2.12. The highest BCUT2D eigenvalue weighted by Crippen LogP contribution is 2.50. The Balaban J connectivity index is 2.28. The third-order valence-corrected chi connectivity index (χ3v) is 4.48. The number of nitrogens with zero attached hydrogens (tertiary/aromatic N) is 2. The molecule has 1 saturated carbocycles. The van der Waals surface area contributed by atoms with Crippen molar-refractivity contribution >= 4 is 23.2 Å². The first kappa shape index (κ1) is 12.3. The molecule has 90 valence electrons. The lowest BCUT2D eigenvalue weighted by atomic mass is 10.0. The second kappa shape index (κ2) is 4.58. The van der Waals surface area contributed by atoms with Crippen molar-refractivity contribution in [2.24, 2.45) is 5.41 Å². The Labute approximate surface area is 107 Å². The monoisotopic (exact) mass is 260 g/mol. The number of rotatable bonds is 5. The van der Waals surface area contributed by atoms with Gasteiger partial charge in [-0.1, -0.05) is 18.5 Å². The molecule has 0 saturated heterocycles. The van der Waals surface area contributed by atoms with Crippen LogP contribution in [0.15, 0.2) is 0 Å².